The van der Waals surface area contributed by atoms with Crippen LogP contribution in [0.25, 0.3) is 0 Å². The van der Waals surface area contributed by atoms with Gasteiger partial charge in [0.15, 0.2) is 0 Å². The van der Waals surface area contributed by atoms with Crippen LogP contribution < -0.4 is 4.90 Å². The van der Waals surface area contributed by atoms with Crippen molar-refractivity contribution in [2.24, 2.45) is 0 Å². The van der Waals surface area contributed by atoms with Crippen molar-refractivity contribution in [2.45, 2.75) is 12.0 Å². The van der Waals surface area contributed by atoms with E-state index in [0.29, 0.717) is 6.54 Å². The molecule has 0 aliphatic heterocycles. The smallest absolute Gasteiger partial charge is 0.467 e. The van der Waals surface area contributed by atoms with E-state index in [1.54, 1.807) is 4.90 Å². The molecule has 2 saturated carbocycles. The van der Waals surface area contributed by atoms with Gasteiger partial charge in [-0.05, 0) is 75.8 Å². The maximum atomic E-state index is 13.1. The van der Waals surface area contributed by atoms with Crippen LogP contribution >= 0.6 is 0 Å². The number of hydrogen-bond donors (Lipinski definition) is 0. The molecule has 0 unspecified atom stereocenters. The first-order valence-corrected chi connectivity index (χ1v) is 9.02. The van der Waals surface area contributed by atoms with Crippen molar-refractivity contribution in [3.8, 4) is 0 Å². The van der Waals surface area contributed by atoms with Crippen LogP contribution in [-0.2, 0) is 36.1 Å². The third-order valence-corrected chi connectivity index (χ3v) is 4.84. The van der Waals surface area contributed by atoms with Crippen LogP contribution in [0.15, 0.2) is 30.3 Å². The van der Waals surface area contributed by atoms with Gasteiger partial charge in [0.25, 0.3) is 0 Å². The van der Waals surface area contributed by atoms with Gasteiger partial charge in [0.1, 0.15) is 0 Å². The van der Waals surface area contributed by atoms with Crippen LogP contribution in [0.3, 0.4) is 0 Å². The summed E-state index contributed by atoms with van der Waals surface area (Å²) in [6.45, 7) is 0.349. The van der Waals surface area contributed by atoms with Crippen LogP contribution in [0.1, 0.15) is 6.42 Å². The standard InChI is InChI=1S/C23H23NO4.Fe/c1-27-21(25)23(22(26)28-2,16-18-10-6-7-11-18)24(17-19-12-8-9-13-19)20-14-4-3-5-15-20;/h3-15H,16-17H2,1-2H3;/q;+2. The minimum atomic E-state index is -1.66. The summed E-state index contributed by atoms with van der Waals surface area (Å²) in [6, 6.07) is 9.37. The monoisotopic (exact) mass is 433 g/mol. The SMILES string of the molecule is COC(=O)C(C[C]1[CH][CH][CH][CH]1)(C(=O)OC)N(C[C]1[CH][CH][CH][CH]1)c1ccccc1.[Fe+2]. The molecule has 3 rings (SSSR count). The summed E-state index contributed by atoms with van der Waals surface area (Å²) in [6.07, 6.45) is 15.4. The molecule has 0 N–H and O–H groups in total. The van der Waals surface area contributed by atoms with E-state index in [0.717, 1.165) is 17.5 Å². The first-order valence-electron chi connectivity index (χ1n) is 9.02. The fourth-order valence-electron chi connectivity index (χ4n) is 3.46. The summed E-state index contributed by atoms with van der Waals surface area (Å²) in [5, 5.41) is 0. The van der Waals surface area contributed by atoms with E-state index in [1.807, 2.05) is 81.7 Å². The van der Waals surface area contributed by atoms with Gasteiger partial charge >= 0.3 is 29.0 Å². The van der Waals surface area contributed by atoms with Gasteiger partial charge in [-0.25, -0.2) is 9.59 Å². The Morgan fingerprint density at radius 3 is 1.79 bits per heavy atom. The Morgan fingerprint density at radius 1 is 0.828 bits per heavy atom. The summed E-state index contributed by atoms with van der Waals surface area (Å²) in [5.74, 6) is 0.509. The number of nitrogens with zero attached hydrogens (tertiary/aromatic N) is 1. The molecule has 6 heteroatoms. The molecule has 1 aromatic rings. The van der Waals surface area contributed by atoms with Gasteiger partial charge in [0.2, 0.25) is 5.54 Å². The fraction of sp³-hybridized carbons (Fsp3) is 0.217. The van der Waals surface area contributed by atoms with Crippen molar-refractivity contribution in [3.63, 3.8) is 0 Å². The summed E-state index contributed by atoms with van der Waals surface area (Å²) in [4.78, 5) is 28.0. The first kappa shape index (κ1) is 23.8. The minimum absolute atomic E-state index is 0. The van der Waals surface area contributed by atoms with Crippen molar-refractivity contribution in [2.75, 3.05) is 25.7 Å². The maximum absolute atomic E-state index is 13.1. The normalized spacial score (nSPS) is 17.6. The second kappa shape index (κ2) is 11.0. The number of benzene rings is 1. The van der Waals surface area contributed by atoms with Crippen molar-refractivity contribution in [1.29, 1.82) is 0 Å². The molecule has 150 valence electrons. The average molecular weight is 433 g/mol. The predicted molar refractivity (Wildman–Crippen MR) is 106 cm³/mol. The Hall–Kier alpha value is -1.52. The quantitative estimate of drug-likeness (QED) is 0.359. The third-order valence-electron chi connectivity index (χ3n) is 4.84. The fourth-order valence-corrected chi connectivity index (χ4v) is 3.46. The van der Waals surface area contributed by atoms with E-state index in [9.17, 15) is 9.59 Å². The second-order valence-electron chi connectivity index (χ2n) is 6.53. The van der Waals surface area contributed by atoms with Crippen molar-refractivity contribution in [1.82, 2.24) is 0 Å². The number of methoxy groups -OCH3 is 2. The van der Waals surface area contributed by atoms with E-state index in [4.69, 9.17) is 9.47 Å². The molecule has 5 nitrogen and oxygen atoms in total. The van der Waals surface area contributed by atoms with Gasteiger partial charge in [-0.1, -0.05) is 18.2 Å². The van der Waals surface area contributed by atoms with Gasteiger partial charge in [-0.15, -0.1) is 0 Å². The summed E-state index contributed by atoms with van der Waals surface area (Å²) < 4.78 is 10.3. The van der Waals surface area contributed by atoms with E-state index < -0.39 is 17.5 Å². The molecule has 0 saturated heterocycles. The topological polar surface area (TPSA) is 55.8 Å². The Morgan fingerprint density at radius 2 is 1.31 bits per heavy atom. The van der Waals surface area contributed by atoms with Crippen LogP contribution in [0.4, 0.5) is 5.69 Å². The molecule has 0 atom stereocenters. The Labute approximate surface area is 185 Å². The summed E-state index contributed by atoms with van der Waals surface area (Å²) in [7, 11) is 2.58. The molecule has 0 heterocycles. The average Bonchev–Trinajstić information content (AvgIpc) is 3.44. The van der Waals surface area contributed by atoms with Gasteiger partial charge in [-0.3, -0.25) is 0 Å². The van der Waals surface area contributed by atoms with E-state index >= 15 is 0 Å². The molecular formula is C23H23FeNO4+2. The van der Waals surface area contributed by atoms with E-state index in [-0.39, 0.29) is 23.5 Å². The van der Waals surface area contributed by atoms with Crippen molar-refractivity contribution < 1.29 is 36.1 Å². The van der Waals surface area contributed by atoms with Gasteiger partial charge in [-0.2, -0.15) is 0 Å². The minimum Gasteiger partial charge on any atom is -0.467 e. The molecule has 0 aromatic heterocycles. The number of carbonyl (C=O) groups is 2. The Balaban J connectivity index is 0.00000300. The molecule has 1 aromatic carbocycles. The third kappa shape index (κ3) is 5.16. The molecule has 2 aliphatic rings. The second-order valence-corrected chi connectivity index (χ2v) is 6.53. The number of anilines is 1. The van der Waals surface area contributed by atoms with Crippen molar-refractivity contribution in [3.05, 3.63) is 93.5 Å². The van der Waals surface area contributed by atoms with Crippen LogP contribution in [-0.4, -0.2) is 38.2 Å². The number of carbonyl (C=O) groups excluding carboxylic acids is 2. The van der Waals surface area contributed by atoms with E-state index in [1.165, 1.54) is 14.2 Å². The number of hydrogen-bond acceptors (Lipinski definition) is 5. The Bertz CT molecular complexity index is 638. The molecule has 2 fully saturated rings. The van der Waals surface area contributed by atoms with Gasteiger partial charge in [0.05, 0.1) is 14.2 Å². The molecule has 10 radical (unpaired) electrons. The van der Waals surface area contributed by atoms with Gasteiger partial charge < -0.3 is 14.4 Å². The molecule has 0 spiro atoms. The molecule has 0 amide bonds. The molecular weight excluding hydrogens is 410 g/mol. The largest absolute Gasteiger partial charge is 2.00 e. The van der Waals surface area contributed by atoms with Gasteiger partial charge in [0, 0.05) is 18.2 Å². The Kier molecular flexibility index (Phi) is 9.03. The van der Waals surface area contributed by atoms with Crippen LogP contribution in [0, 0.1) is 63.2 Å². The van der Waals surface area contributed by atoms with Crippen molar-refractivity contribution >= 4 is 17.6 Å². The summed E-state index contributed by atoms with van der Waals surface area (Å²) in [5.41, 5.74) is -0.928. The maximum Gasteiger partial charge on any atom is 2.00 e. The molecule has 29 heavy (non-hydrogen) atoms. The first-order chi connectivity index (χ1) is 13.6. The number of para-hydroxylation sites is 1. The number of rotatable bonds is 8. The molecule has 0 bridgehead atoms. The van der Waals surface area contributed by atoms with Crippen LogP contribution in [0.5, 0.6) is 0 Å². The zero-order chi connectivity index (χ0) is 20.0. The number of ether oxygens (including phenoxy) is 2. The zero-order valence-corrected chi connectivity index (χ0v) is 17.5. The zero-order valence-electron chi connectivity index (χ0n) is 16.4. The van der Waals surface area contributed by atoms with Crippen LogP contribution in [0.2, 0.25) is 0 Å². The summed E-state index contributed by atoms with van der Waals surface area (Å²) >= 11 is 0. The number of esters is 2. The predicted octanol–water partition coefficient (Wildman–Crippen LogP) is 2.78. The van der Waals surface area contributed by atoms with E-state index in [2.05, 4.69) is 0 Å². The molecule has 2 aliphatic carbocycles.